The lowest BCUT2D eigenvalue weighted by Crippen LogP contribution is -2.51. The van der Waals surface area contributed by atoms with Gasteiger partial charge in [-0.1, -0.05) is 30.9 Å². The van der Waals surface area contributed by atoms with Crippen molar-refractivity contribution in [2.75, 3.05) is 27.9 Å². The maximum absolute atomic E-state index is 10.9. The molecule has 1 fully saturated rings. The Hall–Kier alpha value is -0.330. The van der Waals surface area contributed by atoms with E-state index in [1.807, 2.05) is 0 Å². The lowest BCUT2D eigenvalue weighted by atomic mass is 9.81. The zero-order valence-corrected chi connectivity index (χ0v) is 13.7. The van der Waals surface area contributed by atoms with Crippen LogP contribution in [0.15, 0.2) is 10.8 Å². The largest absolute Gasteiger partial charge is 0.485 e. The Kier molecular flexibility index (Phi) is 5.91. The maximum Gasteiger partial charge on any atom is 0.151 e. The van der Waals surface area contributed by atoms with Crippen LogP contribution in [0.4, 0.5) is 0 Å². The highest BCUT2D eigenvalue weighted by atomic mass is 35.5. The summed E-state index contributed by atoms with van der Waals surface area (Å²) in [6, 6.07) is 0. The Labute approximate surface area is 131 Å². The van der Waals surface area contributed by atoms with Gasteiger partial charge in [-0.2, -0.15) is 0 Å². The van der Waals surface area contributed by atoms with Crippen LogP contribution in [0.5, 0.6) is 0 Å². The summed E-state index contributed by atoms with van der Waals surface area (Å²) in [5, 5.41) is 11.3. The van der Waals surface area contributed by atoms with Gasteiger partial charge in [0.1, 0.15) is 23.6 Å². The zero-order valence-electron chi connectivity index (χ0n) is 12.9. The van der Waals surface area contributed by atoms with Gasteiger partial charge in [-0.15, -0.1) is 0 Å². The average molecular weight is 321 g/mol. The summed E-state index contributed by atoms with van der Waals surface area (Å²) in [5.41, 5.74) is -1.00. The highest BCUT2D eigenvalue weighted by Gasteiger charge is 2.47. The Bertz CT molecular complexity index is 378. The predicted octanol–water partition coefficient (Wildman–Crippen LogP) is 2.21. The predicted molar refractivity (Wildman–Crippen MR) is 79.3 cm³/mol. The van der Waals surface area contributed by atoms with Crippen LogP contribution in [0, 0.1) is 0 Å². The number of methoxy groups -OCH3 is 3. The fourth-order valence-electron chi connectivity index (χ4n) is 3.24. The van der Waals surface area contributed by atoms with Gasteiger partial charge in [0, 0.05) is 21.3 Å². The van der Waals surface area contributed by atoms with Gasteiger partial charge in [0.25, 0.3) is 0 Å². The molecule has 3 atom stereocenters. The van der Waals surface area contributed by atoms with E-state index in [0.717, 1.165) is 19.3 Å². The molecule has 2 rings (SSSR count). The first-order valence-electron chi connectivity index (χ1n) is 7.41. The lowest BCUT2D eigenvalue weighted by molar-refractivity contribution is -0.146. The molecule has 21 heavy (non-hydrogen) atoms. The Morgan fingerprint density at radius 3 is 2.38 bits per heavy atom. The number of halogens is 1. The van der Waals surface area contributed by atoms with Crippen molar-refractivity contribution in [3.8, 4) is 0 Å². The highest BCUT2D eigenvalue weighted by Crippen LogP contribution is 2.42. The quantitative estimate of drug-likeness (QED) is 0.841. The molecule has 0 saturated heterocycles. The highest BCUT2D eigenvalue weighted by molar-refractivity contribution is 6.30. The van der Waals surface area contributed by atoms with Gasteiger partial charge in [-0.25, -0.2) is 0 Å². The topological polar surface area (TPSA) is 57.2 Å². The van der Waals surface area contributed by atoms with Crippen molar-refractivity contribution < 1.29 is 24.1 Å². The van der Waals surface area contributed by atoms with Gasteiger partial charge < -0.3 is 24.1 Å². The van der Waals surface area contributed by atoms with Crippen LogP contribution in [0.3, 0.4) is 0 Å². The van der Waals surface area contributed by atoms with E-state index in [1.165, 1.54) is 0 Å². The van der Waals surface area contributed by atoms with Gasteiger partial charge in [0.15, 0.2) is 6.10 Å². The molecule has 0 bridgehead atoms. The average Bonchev–Trinajstić information content (AvgIpc) is 2.49. The molecule has 0 aromatic rings. The van der Waals surface area contributed by atoms with Crippen molar-refractivity contribution in [1.82, 2.24) is 0 Å². The van der Waals surface area contributed by atoms with Gasteiger partial charge in [0.2, 0.25) is 0 Å². The molecule has 0 aromatic carbocycles. The van der Waals surface area contributed by atoms with Crippen LogP contribution in [-0.2, 0) is 18.9 Å². The number of aliphatic hydroxyl groups is 1. The molecular weight excluding hydrogens is 296 g/mol. The second kappa shape index (κ2) is 7.29. The molecule has 1 heterocycles. The van der Waals surface area contributed by atoms with Crippen molar-refractivity contribution >= 4 is 11.6 Å². The molecule has 5 nitrogen and oxygen atoms in total. The summed E-state index contributed by atoms with van der Waals surface area (Å²) in [6.45, 7) is 0.349. The first-order valence-corrected chi connectivity index (χ1v) is 7.79. The smallest absolute Gasteiger partial charge is 0.151 e. The molecule has 1 saturated carbocycles. The summed E-state index contributed by atoms with van der Waals surface area (Å²) in [4.78, 5) is 0. The lowest BCUT2D eigenvalue weighted by Gasteiger charge is -2.43. The Morgan fingerprint density at radius 1 is 1.19 bits per heavy atom. The fourth-order valence-corrected chi connectivity index (χ4v) is 3.68. The van der Waals surface area contributed by atoms with E-state index in [-0.39, 0.29) is 12.2 Å². The third-order valence-corrected chi connectivity index (χ3v) is 4.75. The van der Waals surface area contributed by atoms with Crippen LogP contribution >= 0.6 is 11.6 Å². The zero-order chi connectivity index (χ0) is 15.5. The van der Waals surface area contributed by atoms with Gasteiger partial charge >= 0.3 is 0 Å². The fraction of sp³-hybridized carbons (Fsp3) is 0.867. The molecule has 2 aliphatic rings. The van der Waals surface area contributed by atoms with Crippen LogP contribution in [0.25, 0.3) is 0 Å². The molecule has 0 spiro atoms. The van der Waals surface area contributed by atoms with Crippen LogP contribution in [0.2, 0.25) is 0 Å². The van der Waals surface area contributed by atoms with E-state index in [9.17, 15) is 5.11 Å². The summed E-state index contributed by atoms with van der Waals surface area (Å²) in [6.07, 6.45) is 3.21. The maximum atomic E-state index is 10.9. The van der Waals surface area contributed by atoms with E-state index in [4.69, 9.17) is 30.5 Å². The Balaban J connectivity index is 2.33. The minimum absolute atomic E-state index is 0.349. The van der Waals surface area contributed by atoms with Crippen molar-refractivity contribution in [3.63, 3.8) is 0 Å². The second-order valence-electron chi connectivity index (χ2n) is 5.74. The number of rotatable bonds is 5. The van der Waals surface area contributed by atoms with Crippen molar-refractivity contribution in [2.45, 2.75) is 56.0 Å². The van der Waals surface area contributed by atoms with Crippen LogP contribution < -0.4 is 0 Å². The van der Waals surface area contributed by atoms with Crippen molar-refractivity contribution in [1.29, 1.82) is 0 Å². The molecule has 0 aromatic heterocycles. The first-order chi connectivity index (χ1) is 10.1. The third kappa shape index (κ3) is 3.37. The van der Waals surface area contributed by atoms with Crippen molar-refractivity contribution in [3.05, 3.63) is 10.8 Å². The van der Waals surface area contributed by atoms with E-state index in [0.29, 0.717) is 30.2 Å². The summed E-state index contributed by atoms with van der Waals surface area (Å²) >= 11 is 6.46. The van der Waals surface area contributed by atoms with Gasteiger partial charge in [0.05, 0.1) is 11.6 Å². The minimum atomic E-state index is -1.00. The number of hydrogen-bond donors (Lipinski definition) is 1. The van der Waals surface area contributed by atoms with E-state index >= 15 is 0 Å². The first kappa shape index (κ1) is 17.0. The molecule has 0 amide bonds. The molecule has 122 valence electrons. The van der Waals surface area contributed by atoms with Crippen LogP contribution in [0.1, 0.15) is 32.1 Å². The summed E-state index contributed by atoms with van der Waals surface area (Å²) < 4.78 is 22.1. The Morgan fingerprint density at radius 2 is 1.86 bits per heavy atom. The SMILES string of the molecule is COC[C@H]1OC(C2(O)CCCCC2)=C(Cl)[C@@H](OC)[C@@H]1OC. The number of ether oxygens (including phenoxy) is 4. The molecule has 6 heteroatoms. The number of hydrogen-bond acceptors (Lipinski definition) is 5. The van der Waals surface area contributed by atoms with Crippen LogP contribution in [-0.4, -0.2) is 57.0 Å². The summed E-state index contributed by atoms with van der Waals surface area (Å²) in [7, 11) is 4.77. The third-order valence-electron chi connectivity index (χ3n) is 4.36. The standard InChI is InChI=1S/C15H25ClO5/c1-18-9-10-12(19-2)13(20-3)11(16)14(21-10)15(17)7-5-4-6-8-15/h10,12-13,17H,4-9H2,1-3H3/t10-,12-,13-/m1/s1. The molecule has 0 radical (unpaired) electrons. The van der Waals surface area contributed by atoms with E-state index in [2.05, 4.69) is 0 Å². The molecule has 1 N–H and O–H groups in total. The second-order valence-corrected chi connectivity index (χ2v) is 6.14. The molecular formula is C15H25ClO5. The minimum Gasteiger partial charge on any atom is -0.485 e. The van der Waals surface area contributed by atoms with Crippen molar-refractivity contribution in [2.24, 2.45) is 0 Å². The van der Waals surface area contributed by atoms with E-state index in [1.54, 1.807) is 21.3 Å². The monoisotopic (exact) mass is 320 g/mol. The molecule has 0 unspecified atom stereocenters. The van der Waals surface area contributed by atoms with Gasteiger partial charge in [-0.3, -0.25) is 0 Å². The molecule has 1 aliphatic heterocycles. The molecule has 1 aliphatic carbocycles. The summed E-state index contributed by atoms with van der Waals surface area (Å²) in [5.74, 6) is 0.436. The van der Waals surface area contributed by atoms with E-state index < -0.39 is 11.7 Å². The van der Waals surface area contributed by atoms with Gasteiger partial charge in [-0.05, 0) is 12.8 Å². The normalized spacial score (nSPS) is 32.9.